The fraction of sp³-hybridized carbons (Fsp3) is 0.256. The van der Waals surface area contributed by atoms with Crippen molar-refractivity contribution in [1.29, 1.82) is 0 Å². The van der Waals surface area contributed by atoms with Crippen LogP contribution in [0.5, 0.6) is 11.5 Å². The van der Waals surface area contributed by atoms with Crippen molar-refractivity contribution in [3.63, 3.8) is 0 Å². The number of alkyl halides is 4. The molecule has 3 heterocycles. The number of ether oxygens (including phenoxy) is 2. The molecule has 3 aromatic heterocycles. The lowest BCUT2D eigenvalue weighted by Gasteiger charge is -2.16. The summed E-state index contributed by atoms with van der Waals surface area (Å²) < 4.78 is 95.3. The van der Waals surface area contributed by atoms with Gasteiger partial charge in [-0.15, -0.1) is 0 Å². The summed E-state index contributed by atoms with van der Waals surface area (Å²) >= 11 is 3.09. The van der Waals surface area contributed by atoms with Crippen LogP contribution in [0.15, 0.2) is 87.1 Å². The minimum Gasteiger partial charge on any atom is -0.434 e. The Morgan fingerprint density at radius 2 is 1.17 bits per heavy atom. The van der Waals surface area contributed by atoms with E-state index in [0.29, 0.717) is 38.9 Å². The van der Waals surface area contributed by atoms with E-state index < -0.39 is 41.6 Å². The monoisotopic (exact) mass is 936 g/mol. The molecule has 13 nitrogen and oxygen atoms in total. The highest BCUT2D eigenvalue weighted by atomic mass is 79.9. The highest BCUT2D eigenvalue weighted by Gasteiger charge is 2.23. The second-order valence-electron chi connectivity index (χ2n) is 14.5. The second kappa shape index (κ2) is 18.6. The van der Waals surface area contributed by atoms with Crippen LogP contribution < -0.4 is 20.6 Å². The van der Waals surface area contributed by atoms with E-state index in [4.69, 9.17) is 13.1 Å². The molecule has 0 fully saturated rings. The fourth-order valence-electron chi connectivity index (χ4n) is 6.78. The lowest BCUT2D eigenvalue weighted by molar-refractivity contribution is -0.0511. The molecule has 0 atom stereocenters. The van der Waals surface area contributed by atoms with Gasteiger partial charge in [-0.1, -0.05) is 0 Å². The topological polar surface area (TPSA) is 127 Å². The van der Waals surface area contributed by atoms with Gasteiger partial charge >= 0.3 is 13.2 Å². The number of aromatic nitrogens is 6. The molecule has 20 heteroatoms. The van der Waals surface area contributed by atoms with Crippen LogP contribution in [0.2, 0.25) is 0 Å². The molecule has 1 N–H and O–H groups in total. The van der Waals surface area contributed by atoms with Gasteiger partial charge in [-0.2, -0.15) is 17.6 Å². The maximum atomic E-state index is 15.0. The van der Waals surface area contributed by atoms with Crippen molar-refractivity contribution < 1.29 is 40.9 Å². The van der Waals surface area contributed by atoms with E-state index >= 15 is 4.39 Å². The van der Waals surface area contributed by atoms with Gasteiger partial charge in [-0.25, -0.2) is 31.9 Å². The molecular weight excluding hydrogens is 902 g/mol. The van der Waals surface area contributed by atoms with E-state index in [1.165, 1.54) is 95.5 Å². The van der Waals surface area contributed by atoms with Crippen LogP contribution in [0.3, 0.4) is 0 Å². The molecule has 7 rings (SSSR count). The smallest absolute Gasteiger partial charge is 0.387 e. The van der Waals surface area contributed by atoms with Crippen LogP contribution >= 0.6 is 15.9 Å². The molecule has 4 aromatic carbocycles. The highest BCUT2D eigenvalue weighted by Crippen LogP contribution is 2.31. The molecule has 0 unspecified atom stereocenters. The van der Waals surface area contributed by atoms with Gasteiger partial charge in [-0.3, -0.25) is 28.3 Å². The summed E-state index contributed by atoms with van der Waals surface area (Å²) in [5, 5.41) is 10.3. The maximum Gasteiger partial charge on any atom is 0.387 e. The molecule has 0 radical (unpaired) electrons. The van der Waals surface area contributed by atoms with Gasteiger partial charge < -0.3 is 24.3 Å². The maximum absolute atomic E-state index is 15.0. The van der Waals surface area contributed by atoms with Crippen molar-refractivity contribution in [2.24, 2.45) is 14.1 Å². The summed E-state index contributed by atoms with van der Waals surface area (Å²) in [6.45, 7) is 11.1. The Morgan fingerprint density at radius 1 is 0.730 bits per heavy atom. The van der Waals surface area contributed by atoms with Crippen molar-refractivity contribution in [3.8, 4) is 22.6 Å². The van der Waals surface area contributed by atoms with Crippen molar-refractivity contribution >= 4 is 37.7 Å². The van der Waals surface area contributed by atoms with E-state index in [0.717, 1.165) is 12.1 Å². The minimum absolute atomic E-state index is 0.0290. The van der Waals surface area contributed by atoms with Gasteiger partial charge in [0.25, 0.3) is 11.1 Å². The Kier molecular flexibility index (Phi) is 13.5. The minimum atomic E-state index is -3.06. The third-order valence-corrected chi connectivity index (χ3v) is 10.4. The first-order chi connectivity index (χ1) is 29.8. The van der Waals surface area contributed by atoms with Crippen LogP contribution in [-0.4, -0.2) is 47.0 Å². The number of hydrogen-bond acceptors (Lipinski definition) is 7. The van der Waals surface area contributed by atoms with Crippen LogP contribution in [0.1, 0.15) is 41.9 Å². The molecule has 0 aliphatic rings. The van der Waals surface area contributed by atoms with Crippen LogP contribution in [-0.2, 0) is 45.9 Å². The summed E-state index contributed by atoms with van der Waals surface area (Å²) in [4.78, 5) is 40.1. The van der Waals surface area contributed by atoms with Crippen LogP contribution in [0, 0.1) is 24.8 Å². The van der Waals surface area contributed by atoms with Gasteiger partial charge in [0.1, 0.15) is 28.7 Å². The molecule has 0 amide bonds. The molecule has 0 saturated carbocycles. The van der Waals surface area contributed by atoms with E-state index in [9.17, 15) is 36.6 Å². The van der Waals surface area contributed by atoms with E-state index in [1.54, 1.807) is 12.1 Å². The summed E-state index contributed by atoms with van der Waals surface area (Å²) in [5.41, 5.74) is 1.01. The number of halogens is 7. The number of fused-ring (bicyclic) bond motifs is 2. The third-order valence-electron chi connectivity index (χ3n) is 9.81. The molecule has 326 valence electrons. The SMILES string of the molecule is [C-]#[N+]Cc1ccc(OC(F)F)c(Cn2c3cc(-c4cnc(C(C)(C)O)nc4)c(F)cc3c(=O)n2C)c1.[C-]#[N+]Cc1ccc(OC(F)F)c(Cn2c3cc(Br)c(F)cc3c(=O)n2C)c1. The molecular formula is C43H35BrF6N8O5. The third kappa shape index (κ3) is 9.93. The predicted octanol–water partition coefficient (Wildman–Crippen LogP) is 8.54. The number of hydrogen-bond donors (Lipinski definition) is 1. The fourth-order valence-corrected chi connectivity index (χ4v) is 7.11. The average molecular weight is 938 g/mol. The van der Waals surface area contributed by atoms with Gasteiger partial charge in [0.15, 0.2) is 5.82 Å². The molecule has 0 aliphatic heterocycles. The van der Waals surface area contributed by atoms with Gasteiger partial charge in [0.05, 0.1) is 39.4 Å². The van der Waals surface area contributed by atoms with E-state index in [-0.39, 0.29) is 64.3 Å². The van der Waals surface area contributed by atoms with Crippen molar-refractivity contribution in [3.05, 3.63) is 161 Å². The summed E-state index contributed by atoms with van der Waals surface area (Å²) in [6.07, 6.45) is 2.75. The Balaban J connectivity index is 0.000000219. The second-order valence-corrected chi connectivity index (χ2v) is 15.4. The number of rotatable bonds is 12. The molecule has 63 heavy (non-hydrogen) atoms. The Hall–Kier alpha value is -6.90. The number of nitrogens with zero attached hydrogens (tertiary/aromatic N) is 8. The average Bonchev–Trinajstić information content (AvgIpc) is 3.58. The van der Waals surface area contributed by atoms with Gasteiger partial charge in [0.2, 0.25) is 13.1 Å². The number of aliphatic hydroxyl groups is 1. The quantitative estimate of drug-likeness (QED) is 0.0962. The lowest BCUT2D eigenvalue weighted by Crippen LogP contribution is -2.20. The lowest BCUT2D eigenvalue weighted by atomic mass is 10.1. The zero-order valence-electron chi connectivity index (χ0n) is 33.7. The first-order valence-electron chi connectivity index (χ1n) is 18.6. The Labute approximate surface area is 362 Å². The first kappa shape index (κ1) is 45.6. The summed E-state index contributed by atoms with van der Waals surface area (Å²) in [5.74, 6) is -1.22. The van der Waals surface area contributed by atoms with Crippen LogP contribution in [0.4, 0.5) is 26.3 Å². The molecule has 0 spiro atoms. The highest BCUT2D eigenvalue weighted by molar-refractivity contribution is 9.10. The molecule has 7 aromatic rings. The summed E-state index contributed by atoms with van der Waals surface area (Å²) in [6, 6.07) is 14.1. The van der Waals surface area contributed by atoms with Crippen molar-refractivity contribution in [2.45, 2.75) is 58.9 Å². The Bertz CT molecular complexity index is 3050. The van der Waals surface area contributed by atoms with E-state index in [1.807, 2.05) is 0 Å². The standard InChI is InChI=1S/C25H22F3N5O3.C18H13BrF3N3O2/c1-25(2,35)23-30-11-16(12-31-23)17-9-20-18(8-19(17)26)22(34)32(4)33(20)13-15-7-14(10-29-3)5-6-21(15)36-24(27)28;1-23-8-10-3-4-16(27-18(21)22)11(5-10)9-25-15-7-13(19)14(20)6-12(15)17(26)24(25)2/h5-9,11-12,24,35H,10,13H2,1-2,4H3;3-7,18H,8-9H2,2H3. The summed E-state index contributed by atoms with van der Waals surface area (Å²) in [7, 11) is 2.99. The molecule has 0 aliphatic carbocycles. The normalized spacial score (nSPS) is 11.5. The zero-order valence-corrected chi connectivity index (χ0v) is 35.3. The molecule has 0 saturated heterocycles. The zero-order chi connectivity index (χ0) is 45.9. The predicted molar refractivity (Wildman–Crippen MR) is 223 cm³/mol. The first-order valence-corrected chi connectivity index (χ1v) is 19.4. The van der Waals surface area contributed by atoms with Gasteiger partial charge in [-0.05, 0) is 90.4 Å². The largest absolute Gasteiger partial charge is 0.434 e. The number of benzene rings is 4. The van der Waals surface area contributed by atoms with Crippen molar-refractivity contribution in [2.75, 3.05) is 0 Å². The Morgan fingerprint density at radius 3 is 1.60 bits per heavy atom. The molecule has 0 bridgehead atoms. The van der Waals surface area contributed by atoms with Gasteiger partial charge in [0, 0.05) is 59.9 Å². The van der Waals surface area contributed by atoms with E-state index in [2.05, 4.69) is 45.1 Å². The van der Waals surface area contributed by atoms with Crippen LogP contribution in [0.25, 0.3) is 42.6 Å². The van der Waals surface area contributed by atoms with Crippen molar-refractivity contribution in [1.82, 2.24) is 28.7 Å².